The Bertz CT molecular complexity index is 386. The zero-order chi connectivity index (χ0) is 13.9. The SMILES string of the molecule is [3H]CN1CCN(Cc2ccc(C(C)(C)C)cc2)CC1. The molecule has 2 heteroatoms. The summed E-state index contributed by atoms with van der Waals surface area (Å²) in [5.74, 6) is 0. The molecule has 0 unspecified atom stereocenters. The first-order valence-electron chi connectivity index (χ1n) is 7.53. The van der Waals surface area contributed by atoms with Crippen molar-refractivity contribution in [1.82, 2.24) is 9.80 Å². The standard InChI is InChI=1S/C16H26N2/c1-16(2,3)15-7-5-14(6-8-15)13-18-11-9-17(4)10-12-18/h5-8H,9-13H2,1-4H3/i4T. The van der Waals surface area contributed by atoms with Crippen LogP contribution in [0.4, 0.5) is 0 Å². The lowest BCUT2D eigenvalue weighted by Gasteiger charge is -2.32. The number of hydrogen-bond acceptors (Lipinski definition) is 2. The van der Waals surface area contributed by atoms with Crippen LogP contribution in [0.1, 0.15) is 33.3 Å². The van der Waals surface area contributed by atoms with Gasteiger partial charge in [0, 0.05) is 34.1 Å². The summed E-state index contributed by atoms with van der Waals surface area (Å²) in [6.45, 7) is 12.0. The van der Waals surface area contributed by atoms with Crippen LogP contribution in [0.5, 0.6) is 0 Å². The molecule has 0 amide bonds. The number of likely N-dealkylation sites (N-methyl/N-ethyl adjacent to an activating group) is 1. The quantitative estimate of drug-likeness (QED) is 0.794. The van der Waals surface area contributed by atoms with E-state index in [0.29, 0.717) is 7.02 Å². The van der Waals surface area contributed by atoms with Crippen LogP contribution in [-0.2, 0) is 12.0 Å². The van der Waals surface area contributed by atoms with Crippen LogP contribution >= 0.6 is 0 Å². The van der Waals surface area contributed by atoms with Crippen LogP contribution < -0.4 is 0 Å². The molecule has 0 atom stereocenters. The maximum atomic E-state index is 7.37. The minimum absolute atomic E-state index is 0.234. The molecule has 0 aromatic heterocycles. The lowest BCUT2D eigenvalue weighted by molar-refractivity contribution is 0.148. The van der Waals surface area contributed by atoms with Gasteiger partial charge in [0.25, 0.3) is 0 Å². The van der Waals surface area contributed by atoms with Crippen molar-refractivity contribution < 1.29 is 1.37 Å². The summed E-state index contributed by atoms with van der Waals surface area (Å²) in [7, 11) is 0.439. The van der Waals surface area contributed by atoms with Crippen LogP contribution in [0.15, 0.2) is 24.3 Å². The van der Waals surface area contributed by atoms with Gasteiger partial charge in [-0.15, -0.1) is 0 Å². The van der Waals surface area contributed by atoms with Gasteiger partial charge in [0.2, 0.25) is 0 Å². The van der Waals surface area contributed by atoms with E-state index in [0.717, 1.165) is 32.7 Å². The zero-order valence-corrected chi connectivity index (χ0v) is 11.9. The van der Waals surface area contributed by atoms with Gasteiger partial charge in [0.1, 0.15) is 0 Å². The Kier molecular flexibility index (Phi) is 3.67. The van der Waals surface area contributed by atoms with Crippen LogP contribution in [0.25, 0.3) is 0 Å². The smallest absolute Gasteiger partial charge is 0.0394 e. The highest BCUT2D eigenvalue weighted by atomic mass is 15.2. The maximum Gasteiger partial charge on any atom is 0.0394 e. The maximum absolute atomic E-state index is 7.37. The summed E-state index contributed by atoms with van der Waals surface area (Å²) in [6.07, 6.45) is 0. The number of benzene rings is 1. The van der Waals surface area contributed by atoms with E-state index in [1.807, 2.05) is 0 Å². The highest BCUT2D eigenvalue weighted by Crippen LogP contribution is 2.22. The minimum atomic E-state index is 0.234. The molecule has 100 valence electrons. The first-order valence-corrected chi connectivity index (χ1v) is 6.82. The van der Waals surface area contributed by atoms with Gasteiger partial charge in [-0.05, 0) is 23.6 Å². The van der Waals surface area contributed by atoms with E-state index in [4.69, 9.17) is 1.37 Å². The molecule has 0 radical (unpaired) electrons. The summed E-state index contributed by atoms with van der Waals surface area (Å²) in [4.78, 5) is 4.68. The molecule has 0 saturated carbocycles. The summed E-state index contributed by atoms with van der Waals surface area (Å²) >= 11 is 0. The van der Waals surface area contributed by atoms with Crippen molar-refractivity contribution in [2.24, 2.45) is 0 Å². The van der Waals surface area contributed by atoms with E-state index in [1.165, 1.54) is 11.1 Å². The Morgan fingerprint density at radius 1 is 1.06 bits per heavy atom. The molecule has 2 rings (SSSR count). The molecular weight excluding hydrogens is 220 g/mol. The van der Waals surface area contributed by atoms with Gasteiger partial charge < -0.3 is 4.90 Å². The lowest BCUT2D eigenvalue weighted by atomic mass is 9.87. The first kappa shape index (κ1) is 12.2. The Morgan fingerprint density at radius 3 is 2.17 bits per heavy atom. The molecule has 1 aliphatic heterocycles. The average molecular weight is 248 g/mol. The van der Waals surface area contributed by atoms with Gasteiger partial charge in [-0.25, -0.2) is 0 Å². The van der Waals surface area contributed by atoms with Crippen LogP contribution in [0.3, 0.4) is 0 Å². The summed E-state index contributed by atoms with van der Waals surface area (Å²) in [6, 6.07) is 9.04. The molecule has 0 aliphatic carbocycles. The van der Waals surface area contributed by atoms with Gasteiger partial charge in [0.05, 0.1) is 0 Å². The number of piperazine rings is 1. The number of nitrogens with zero attached hydrogens (tertiary/aromatic N) is 2. The molecule has 1 aromatic carbocycles. The highest BCUT2D eigenvalue weighted by Gasteiger charge is 2.15. The molecule has 1 aromatic rings. The zero-order valence-electron chi connectivity index (χ0n) is 12.9. The third-order valence-corrected chi connectivity index (χ3v) is 3.69. The Balaban J connectivity index is 1.90. The third kappa shape index (κ3) is 3.56. The van der Waals surface area contributed by atoms with Crippen LogP contribution in [-0.4, -0.2) is 43.0 Å². The van der Waals surface area contributed by atoms with E-state index in [-0.39, 0.29) is 5.41 Å². The van der Waals surface area contributed by atoms with Gasteiger partial charge in [-0.2, -0.15) is 0 Å². The van der Waals surface area contributed by atoms with E-state index in [2.05, 4.69) is 54.8 Å². The Labute approximate surface area is 113 Å². The molecule has 18 heavy (non-hydrogen) atoms. The fraction of sp³-hybridized carbons (Fsp3) is 0.625. The predicted octanol–water partition coefficient (Wildman–Crippen LogP) is 2.73. The fourth-order valence-electron chi connectivity index (χ4n) is 2.32. The Morgan fingerprint density at radius 2 is 1.67 bits per heavy atom. The number of hydrogen-bond donors (Lipinski definition) is 0. The molecule has 0 bridgehead atoms. The van der Waals surface area contributed by atoms with E-state index < -0.39 is 0 Å². The monoisotopic (exact) mass is 248 g/mol. The van der Waals surface area contributed by atoms with Crippen LogP contribution in [0, 0.1) is 0 Å². The van der Waals surface area contributed by atoms with Gasteiger partial charge in [-0.3, -0.25) is 4.90 Å². The van der Waals surface area contributed by atoms with E-state index >= 15 is 0 Å². The van der Waals surface area contributed by atoms with Gasteiger partial charge in [-0.1, -0.05) is 45.0 Å². The molecule has 1 saturated heterocycles. The fourth-order valence-corrected chi connectivity index (χ4v) is 2.32. The van der Waals surface area contributed by atoms with Crippen molar-refractivity contribution in [3.8, 4) is 0 Å². The summed E-state index contributed by atoms with van der Waals surface area (Å²) in [5.41, 5.74) is 3.03. The van der Waals surface area contributed by atoms with Crippen molar-refractivity contribution in [2.45, 2.75) is 32.7 Å². The molecule has 1 fully saturated rings. The van der Waals surface area contributed by atoms with Gasteiger partial charge in [0.15, 0.2) is 0 Å². The minimum Gasteiger partial charge on any atom is -0.304 e. The Hall–Kier alpha value is -0.860. The second-order valence-electron chi connectivity index (χ2n) is 6.34. The number of rotatable bonds is 2. The molecular formula is C16H26N2. The van der Waals surface area contributed by atoms with Gasteiger partial charge >= 0.3 is 0 Å². The van der Waals surface area contributed by atoms with Crippen molar-refractivity contribution in [2.75, 3.05) is 33.2 Å². The average Bonchev–Trinajstić information content (AvgIpc) is 2.39. The molecule has 2 nitrogen and oxygen atoms in total. The van der Waals surface area contributed by atoms with Crippen molar-refractivity contribution in [3.05, 3.63) is 35.4 Å². The topological polar surface area (TPSA) is 6.48 Å². The third-order valence-electron chi connectivity index (χ3n) is 3.69. The van der Waals surface area contributed by atoms with Crippen molar-refractivity contribution >= 4 is 0 Å². The van der Waals surface area contributed by atoms with Crippen molar-refractivity contribution in [3.63, 3.8) is 0 Å². The predicted molar refractivity (Wildman–Crippen MR) is 77.9 cm³/mol. The summed E-state index contributed by atoms with van der Waals surface area (Å²) < 4.78 is 7.37. The van der Waals surface area contributed by atoms with E-state index in [9.17, 15) is 0 Å². The highest BCUT2D eigenvalue weighted by molar-refractivity contribution is 5.27. The van der Waals surface area contributed by atoms with Crippen molar-refractivity contribution in [1.29, 1.82) is 0 Å². The normalized spacial score (nSPS) is 19.8. The molecule has 0 N–H and O–H groups in total. The van der Waals surface area contributed by atoms with Crippen LogP contribution in [0.2, 0.25) is 0 Å². The second-order valence-corrected chi connectivity index (χ2v) is 6.34. The molecule has 0 spiro atoms. The lowest BCUT2D eigenvalue weighted by Crippen LogP contribution is -2.43. The molecule has 1 aliphatic rings. The second kappa shape index (κ2) is 5.41. The first-order chi connectivity index (χ1) is 8.99. The molecule has 1 heterocycles. The van der Waals surface area contributed by atoms with E-state index in [1.54, 1.807) is 0 Å². The summed E-state index contributed by atoms with van der Waals surface area (Å²) in [5, 5.41) is 0. The largest absolute Gasteiger partial charge is 0.304 e.